The molecule has 0 aliphatic carbocycles. The lowest BCUT2D eigenvalue weighted by molar-refractivity contribution is -0.129. The van der Waals surface area contributed by atoms with Crippen LogP contribution in [0.15, 0.2) is 23.5 Å². The van der Waals surface area contributed by atoms with Crippen LogP contribution in [0.3, 0.4) is 0 Å². The van der Waals surface area contributed by atoms with Gasteiger partial charge in [0.15, 0.2) is 0 Å². The summed E-state index contributed by atoms with van der Waals surface area (Å²) in [6.07, 6.45) is 2.93. The maximum atomic E-state index is 10.3. The first-order chi connectivity index (χ1) is 5.97. The van der Waals surface area contributed by atoms with Crippen LogP contribution >= 0.6 is 0 Å². The molecule has 0 radical (unpaired) electrons. The molecule has 72 valence electrons. The topological polar surface area (TPSA) is 70.4 Å². The molecule has 0 rings (SSSR count). The van der Waals surface area contributed by atoms with E-state index in [0.29, 0.717) is 11.3 Å². The van der Waals surface area contributed by atoms with Crippen LogP contribution in [0.1, 0.15) is 13.8 Å². The molecule has 0 aliphatic rings. The predicted octanol–water partition coefficient (Wildman–Crippen LogP) is 1.59. The molecule has 4 heteroatoms. The predicted molar refractivity (Wildman–Crippen MR) is 49.9 cm³/mol. The Morgan fingerprint density at radius 3 is 2.31 bits per heavy atom. The van der Waals surface area contributed by atoms with Crippen molar-refractivity contribution in [2.75, 3.05) is 7.11 Å². The van der Waals surface area contributed by atoms with E-state index in [0.717, 1.165) is 0 Å². The fraction of sp³-hybridized carbons (Fsp3) is 0.333. The number of hydrogen-bond donors (Lipinski definition) is 2. The summed E-state index contributed by atoms with van der Waals surface area (Å²) >= 11 is 0. The molecule has 0 amide bonds. The molecule has 0 heterocycles. The number of allylic oxidation sites excluding steroid dienone is 3. The zero-order valence-corrected chi connectivity index (χ0v) is 7.92. The van der Waals surface area contributed by atoms with Crippen LogP contribution in [-0.4, -0.2) is 23.9 Å². The van der Waals surface area contributed by atoms with Crippen LogP contribution in [0.5, 0.6) is 0 Å². The first kappa shape index (κ1) is 11.4. The van der Waals surface area contributed by atoms with Crippen molar-refractivity contribution < 1.29 is 14.6 Å². The van der Waals surface area contributed by atoms with Gasteiger partial charge < -0.3 is 9.84 Å². The maximum absolute atomic E-state index is 10.3. The second-order valence-electron chi connectivity index (χ2n) is 2.57. The molecule has 0 aromatic carbocycles. The maximum Gasteiger partial charge on any atom is 0.353 e. The van der Waals surface area contributed by atoms with E-state index in [9.17, 15) is 4.79 Å². The van der Waals surface area contributed by atoms with Crippen molar-refractivity contribution >= 4 is 11.7 Å². The number of nitrogens with one attached hydrogen (secondary N) is 1. The van der Waals surface area contributed by atoms with Crippen molar-refractivity contribution in [3.8, 4) is 0 Å². The lowest BCUT2D eigenvalue weighted by Gasteiger charge is -1.98. The van der Waals surface area contributed by atoms with Gasteiger partial charge in [-0.2, -0.15) is 0 Å². The van der Waals surface area contributed by atoms with Crippen molar-refractivity contribution in [1.29, 1.82) is 5.41 Å². The number of aliphatic carboxylic acids is 1. The molecule has 0 unspecified atom stereocenters. The van der Waals surface area contributed by atoms with E-state index in [1.54, 1.807) is 19.9 Å². The first-order valence-corrected chi connectivity index (χ1v) is 3.69. The number of carboxylic acid groups (broad SMARTS) is 1. The lowest BCUT2D eigenvalue weighted by atomic mass is 10.2. The van der Waals surface area contributed by atoms with Gasteiger partial charge >= 0.3 is 5.97 Å². The highest BCUT2D eigenvalue weighted by Crippen LogP contribution is 2.01. The molecular formula is C9H13NO3. The highest BCUT2D eigenvalue weighted by atomic mass is 16.5. The Morgan fingerprint density at radius 2 is 1.92 bits per heavy atom. The van der Waals surface area contributed by atoms with Gasteiger partial charge in [-0.3, -0.25) is 5.41 Å². The quantitative estimate of drug-likeness (QED) is 0.395. The monoisotopic (exact) mass is 183 g/mol. The van der Waals surface area contributed by atoms with Gasteiger partial charge in [0.05, 0.1) is 12.9 Å². The van der Waals surface area contributed by atoms with Crippen LogP contribution in [0.4, 0.5) is 0 Å². The SMILES string of the molecule is CO/C(C)=C/C(C)=C/C(=N)C(=O)O. The summed E-state index contributed by atoms with van der Waals surface area (Å²) in [5.41, 5.74) is 0.240. The average Bonchev–Trinajstić information content (AvgIpc) is 2.03. The highest BCUT2D eigenvalue weighted by Gasteiger charge is 2.01. The third-order valence-electron chi connectivity index (χ3n) is 1.36. The molecular weight excluding hydrogens is 170 g/mol. The first-order valence-electron chi connectivity index (χ1n) is 3.69. The van der Waals surface area contributed by atoms with Crippen LogP contribution in [0.25, 0.3) is 0 Å². The van der Waals surface area contributed by atoms with Gasteiger partial charge in [-0.25, -0.2) is 4.79 Å². The molecule has 0 aromatic heterocycles. The van der Waals surface area contributed by atoms with Gasteiger partial charge in [0.25, 0.3) is 0 Å². The number of ether oxygens (including phenoxy) is 1. The van der Waals surface area contributed by atoms with Crippen LogP contribution in [0, 0.1) is 5.41 Å². The molecule has 2 N–H and O–H groups in total. The molecule has 13 heavy (non-hydrogen) atoms. The average molecular weight is 183 g/mol. The molecule has 0 bridgehead atoms. The van der Waals surface area contributed by atoms with Crippen molar-refractivity contribution in [3.05, 3.63) is 23.5 Å². The van der Waals surface area contributed by atoms with E-state index in [2.05, 4.69) is 0 Å². The third-order valence-corrected chi connectivity index (χ3v) is 1.36. The van der Waals surface area contributed by atoms with E-state index in [-0.39, 0.29) is 0 Å². The summed E-state index contributed by atoms with van der Waals surface area (Å²) in [4.78, 5) is 10.3. The molecule has 0 fully saturated rings. The summed E-state index contributed by atoms with van der Waals surface area (Å²) in [5.74, 6) is -0.560. The normalized spacial score (nSPS) is 12.5. The van der Waals surface area contributed by atoms with Gasteiger partial charge in [0, 0.05) is 0 Å². The minimum atomic E-state index is -1.23. The smallest absolute Gasteiger partial charge is 0.353 e. The third kappa shape index (κ3) is 4.79. The number of hydrogen-bond acceptors (Lipinski definition) is 3. The van der Waals surface area contributed by atoms with Crippen molar-refractivity contribution in [2.45, 2.75) is 13.8 Å². The van der Waals surface area contributed by atoms with E-state index in [1.807, 2.05) is 0 Å². The summed E-state index contributed by atoms with van der Waals surface area (Å²) in [5, 5.41) is 15.4. The van der Waals surface area contributed by atoms with Gasteiger partial charge in [-0.15, -0.1) is 0 Å². The molecule has 0 saturated carbocycles. The van der Waals surface area contributed by atoms with Gasteiger partial charge in [-0.1, -0.05) is 0 Å². The number of carbonyl (C=O) groups is 1. The highest BCUT2D eigenvalue weighted by molar-refractivity contribution is 6.39. The Balaban J connectivity index is 4.51. The second-order valence-corrected chi connectivity index (χ2v) is 2.57. The van der Waals surface area contributed by atoms with Crippen LogP contribution < -0.4 is 0 Å². The fourth-order valence-electron chi connectivity index (χ4n) is 0.711. The van der Waals surface area contributed by atoms with Gasteiger partial charge in [0.2, 0.25) is 0 Å². The molecule has 0 saturated heterocycles. The van der Waals surface area contributed by atoms with E-state index >= 15 is 0 Å². The Bertz CT molecular complexity index is 277. The van der Waals surface area contributed by atoms with Crippen LogP contribution in [0.2, 0.25) is 0 Å². The molecule has 0 atom stereocenters. The second kappa shape index (κ2) is 5.13. The Kier molecular flexibility index (Phi) is 4.51. The zero-order valence-electron chi connectivity index (χ0n) is 7.92. The minimum absolute atomic E-state index is 0.433. The summed E-state index contributed by atoms with van der Waals surface area (Å²) in [6, 6.07) is 0. The zero-order chi connectivity index (χ0) is 10.4. The molecule has 0 aromatic rings. The van der Waals surface area contributed by atoms with E-state index in [1.165, 1.54) is 13.2 Å². The number of methoxy groups -OCH3 is 1. The van der Waals surface area contributed by atoms with Crippen molar-refractivity contribution in [2.24, 2.45) is 0 Å². The lowest BCUT2D eigenvalue weighted by Crippen LogP contribution is -2.08. The fourth-order valence-corrected chi connectivity index (χ4v) is 0.711. The number of carboxylic acids is 1. The largest absolute Gasteiger partial charge is 0.501 e. The van der Waals surface area contributed by atoms with Crippen LogP contribution in [-0.2, 0) is 9.53 Å². The molecule has 0 aliphatic heterocycles. The summed E-state index contributed by atoms with van der Waals surface area (Å²) < 4.78 is 4.87. The molecule has 0 spiro atoms. The van der Waals surface area contributed by atoms with E-state index in [4.69, 9.17) is 15.3 Å². The Labute approximate surface area is 77.0 Å². The van der Waals surface area contributed by atoms with E-state index < -0.39 is 11.7 Å². The number of rotatable bonds is 4. The summed E-state index contributed by atoms with van der Waals surface area (Å²) in [7, 11) is 1.53. The summed E-state index contributed by atoms with van der Waals surface area (Å²) in [6.45, 7) is 3.46. The van der Waals surface area contributed by atoms with Gasteiger partial charge in [0.1, 0.15) is 5.71 Å². The minimum Gasteiger partial charge on any atom is -0.501 e. The van der Waals surface area contributed by atoms with Crippen molar-refractivity contribution in [3.63, 3.8) is 0 Å². The van der Waals surface area contributed by atoms with Gasteiger partial charge in [-0.05, 0) is 31.6 Å². The standard InChI is InChI=1S/C9H13NO3/c1-6(4-7(2)13-3)5-8(10)9(11)12/h4-5,10H,1-3H3,(H,11,12)/b6-5+,7-4+,10-8?. The van der Waals surface area contributed by atoms with Crippen molar-refractivity contribution in [1.82, 2.24) is 0 Å². The Hall–Kier alpha value is -1.58. The molecule has 4 nitrogen and oxygen atoms in total. The Morgan fingerprint density at radius 1 is 1.38 bits per heavy atom.